The van der Waals surface area contributed by atoms with E-state index < -0.39 is 10.0 Å². The van der Waals surface area contributed by atoms with Crippen LogP contribution in [-0.4, -0.2) is 31.7 Å². The van der Waals surface area contributed by atoms with Crippen molar-refractivity contribution >= 4 is 33.2 Å². The van der Waals surface area contributed by atoms with E-state index in [0.29, 0.717) is 13.0 Å². The van der Waals surface area contributed by atoms with Gasteiger partial charge >= 0.3 is 0 Å². The minimum Gasteiger partial charge on any atom is -0.396 e. The topological polar surface area (TPSA) is 79.3 Å². The lowest BCUT2D eigenvalue weighted by Gasteiger charge is -2.14. The van der Waals surface area contributed by atoms with E-state index >= 15 is 0 Å². The number of aliphatic hydroxyl groups excluding tert-OH is 1. The summed E-state index contributed by atoms with van der Waals surface area (Å²) in [6, 6.07) is 1.27. The highest BCUT2D eigenvalue weighted by Gasteiger charge is 2.42. The molecule has 1 aromatic rings. The predicted molar refractivity (Wildman–Crippen MR) is 72.8 cm³/mol. The van der Waals surface area contributed by atoms with E-state index in [-0.39, 0.29) is 27.1 Å². The van der Waals surface area contributed by atoms with E-state index in [1.807, 2.05) is 0 Å². The van der Waals surface area contributed by atoms with Crippen LogP contribution >= 0.6 is 23.2 Å². The molecule has 1 fully saturated rings. The van der Waals surface area contributed by atoms with Crippen molar-refractivity contribution in [2.24, 2.45) is 5.41 Å². The molecule has 1 aliphatic carbocycles. The summed E-state index contributed by atoms with van der Waals surface area (Å²) in [5.41, 5.74) is -0.0918. The molecule has 1 aliphatic rings. The number of hydrogen-bond acceptors (Lipinski definition) is 4. The number of nitrogens with zero attached hydrogens (tertiary/aromatic N) is 1. The molecule has 0 bridgehead atoms. The molecule has 0 aromatic carbocycles. The van der Waals surface area contributed by atoms with Gasteiger partial charge in [-0.05, 0) is 30.7 Å². The van der Waals surface area contributed by atoms with Gasteiger partial charge in [0.25, 0.3) is 0 Å². The number of aromatic nitrogens is 1. The lowest BCUT2D eigenvalue weighted by molar-refractivity contribution is 0.249. The third kappa shape index (κ3) is 3.58. The molecule has 1 aromatic heterocycles. The first kappa shape index (κ1) is 15.0. The van der Waals surface area contributed by atoms with Crippen LogP contribution in [0.4, 0.5) is 0 Å². The Morgan fingerprint density at radius 2 is 2.11 bits per heavy atom. The van der Waals surface area contributed by atoms with E-state index in [9.17, 15) is 8.42 Å². The Bertz CT molecular complexity index is 573. The summed E-state index contributed by atoms with van der Waals surface area (Å²) in [6.45, 7) is 0.381. The number of hydrogen-bond donors (Lipinski definition) is 2. The van der Waals surface area contributed by atoms with Gasteiger partial charge in [-0.1, -0.05) is 23.2 Å². The quantitative estimate of drug-likeness (QED) is 0.782. The summed E-state index contributed by atoms with van der Waals surface area (Å²) in [6.07, 6.45) is 3.63. The highest BCUT2D eigenvalue weighted by molar-refractivity contribution is 7.89. The maximum atomic E-state index is 12.1. The third-order valence-electron chi connectivity index (χ3n) is 3.32. The summed E-state index contributed by atoms with van der Waals surface area (Å²) in [7, 11) is -3.65. The first-order valence-corrected chi connectivity index (χ1v) is 8.04. The molecular formula is C11H14Cl2N2O3S. The molecular weight excluding hydrogens is 311 g/mol. The molecule has 0 radical (unpaired) electrons. The molecule has 106 valence electrons. The second kappa shape index (κ2) is 5.54. The van der Waals surface area contributed by atoms with Crippen LogP contribution in [0.5, 0.6) is 0 Å². The maximum Gasteiger partial charge on any atom is 0.242 e. The molecule has 0 atom stereocenters. The lowest BCUT2D eigenvalue weighted by Crippen LogP contribution is -2.30. The standard InChI is InChI=1S/C11H14Cl2N2O3S/c12-9-5-8(6-14-10(9)13)19(17,18)15-7-11(1-2-11)3-4-16/h5-6,15-16H,1-4,7H2. The van der Waals surface area contributed by atoms with Crippen molar-refractivity contribution in [3.63, 3.8) is 0 Å². The minimum atomic E-state index is -3.65. The highest BCUT2D eigenvalue weighted by Crippen LogP contribution is 2.48. The summed E-state index contributed by atoms with van der Waals surface area (Å²) >= 11 is 11.4. The van der Waals surface area contributed by atoms with Crippen molar-refractivity contribution in [1.29, 1.82) is 0 Å². The average Bonchev–Trinajstić information content (AvgIpc) is 3.11. The van der Waals surface area contributed by atoms with Crippen molar-refractivity contribution in [2.45, 2.75) is 24.2 Å². The van der Waals surface area contributed by atoms with Crippen LogP contribution in [-0.2, 0) is 10.0 Å². The molecule has 5 nitrogen and oxygen atoms in total. The van der Waals surface area contributed by atoms with Gasteiger partial charge in [-0.15, -0.1) is 0 Å². The Balaban J connectivity index is 2.08. The Morgan fingerprint density at radius 1 is 1.42 bits per heavy atom. The Kier molecular flexibility index (Phi) is 4.37. The summed E-state index contributed by atoms with van der Waals surface area (Å²) in [5, 5.41) is 9.10. The fourth-order valence-electron chi connectivity index (χ4n) is 1.81. The van der Waals surface area contributed by atoms with Gasteiger partial charge in [-0.2, -0.15) is 0 Å². The van der Waals surface area contributed by atoms with Crippen LogP contribution in [0.3, 0.4) is 0 Å². The normalized spacial score (nSPS) is 17.4. The van der Waals surface area contributed by atoms with Gasteiger partial charge in [0.2, 0.25) is 10.0 Å². The predicted octanol–water partition coefficient (Wildman–Crippen LogP) is 1.83. The van der Waals surface area contributed by atoms with Gasteiger partial charge in [0.15, 0.2) is 0 Å². The van der Waals surface area contributed by atoms with Crippen molar-refractivity contribution in [1.82, 2.24) is 9.71 Å². The van der Waals surface area contributed by atoms with E-state index in [1.165, 1.54) is 12.3 Å². The Labute approximate surface area is 122 Å². The first-order chi connectivity index (χ1) is 8.88. The van der Waals surface area contributed by atoms with Crippen molar-refractivity contribution in [2.75, 3.05) is 13.2 Å². The summed E-state index contributed by atoms with van der Waals surface area (Å²) in [5.74, 6) is 0. The SMILES string of the molecule is O=S(=O)(NCC1(CCO)CC1)c1cnc(Cl)c(Cl)c1. The lowest BCUT2D eigenvalue weighted by atomic mass is 10.0. The van der Waals surface area contributed by atoms with Crippen molar-refractivity contribution in [3.05, 3.63) is 22.4 Å². The van der Waals surface area contributed by atoms with Gasteiger partial charge in [-0.25, -0.2) is 18.1 Å². The van der Waals surface area contributed by atoms with E-state index in [1.54, 1.807) is 0 Å². The molecule has 1 saturated carbocycles. The summed E-state index contributed by atoms with van der Waals surface area (Å²) in [4.78, 5) is 3.70. The monoisotopic (exact) mass is 324 g/mol. The molecule has 0 unspecified atom stereocenters. The number of aliphatic hydroxyl groups is 1. The highest BCUT2D eigenvalue weighted by atomic mass is 35.5. The van der Waals surface area contributed by atoms with Crippen molar-refractivity contribution in [3.8, 4) is 0 Å². The summed E-state index contributed by atoms with van der Waals surface area (Å²) < 4.78 is 26.6. The van der Waals surface area contributed by atoms with E-state index in [0.717, 1.165) is 12.8 Å². The smallest absolute Gasteiger partial charge is 0.242 e. The number of sulfonamides is 1. The Morgan fingerprint density at radius 3 is 2.63 bits per heavy atom. The molecule has 0 spiro atoms. The molecule has 0 saturated heterocycles. The first-order valence-electron chi connectivity index (χ1n) is 5.80. The van der Waals surface area contributed by atoms with Gasteiger partial charge < -0.3 is 5.11 Å². The number of rotatable bonds is 6. The van der Waals surface area contributed by atoms with Gasteiger partial charge in [0.05, 0.1) is 5.02 Å². The van der Waals surface area contributed by atoms with Crippen LogP contribution in [0.25, 0.3) is 0 Å². The fraction of sp³-hybridized carbons (Fsp3) is 0.545. The van der Waals surface area contributed by atoms with E-state index in [4.69, 9.17) is 28.3 Å². The van der Waals surface area contributed by atoms with Crippen molar-refractivity contribution < 1.29 is 13.5 Å². The largest absolute Gasteiger partial charge is 0.396 e. The zero-order chi connectivity index (χ0) is 14.1. The van der Waals surface area contributed by atoms with Gasteiger partial charge in [0, 0.05) is 19.3 Å². The zero-order valence-corrected chi connectivity index (χ0v) is 12.4. The average molecular weight is 325 g/mol. The molecule has 0 aliphatic heterocycles. The Hall–Kier alpha value is -0.400. The molecule has 8 heteroatoms. The molecule has 2 rings (SSSR count). The maximum absolute atomic E-state index is 12.1. The van der Waals surface area contributed by atoms with E-state index in [2.05, 4.69) is 9.71 Å². The number of pyridine rings is 1. The van der Waals surface area contributed by atoms with Gasteiger partial charge in [-0.3, -0.25) is 0 Å². The second-order valence-corrected chi connectivity index (χ2v) is 7.27. The number of nitrogens with one attached hydrogen (secondary N) is 1. The minimum absolute atomic E-state index is 0.0123. The zero-order valence-electron chi connectivity index (χ0n) is 10.1. The molecule has 0 amide bonds. The van der Waals surface area contributed by atoms with Crippen LogP contribution < -0.4 is 4.72 Å². The fourth-order valence-corrected chi connectivity index (χ4v) is 3.27. The van der Waals surface area contributed by atoms with Crippen LogP contribution in [0, 0.1) is 5.41 Å². The molecule has 19 heavy (non-hydrogen) atoms. The second-order valence-electron chi connectivity index (χ2n) is 4.74. The molecule has 1 heterocycles. The third-order valence-corrected chi connectivity index (χ3v) is 5.37. The van der Waals surface area contributed by atoms with Gasteiger partial charge in [0.1, 0.15) is 10.0 Å². The number of halogens is 2. The molecule has 2 N–H and O–H groups in total. The van der Waals surface area contributed by atoms with Crippen LogP contribution in [0.2, 0.25) is 10.2 Å². The van der Waals surface area contributed by atoms with Crippen LogP contribution in [0.1, 0.15) is 19.3 Å². The van der Waals surface area contributed by atoms with Crippen LogP contribution in [0.15, 0.2) is 17.2 Å².